The van der Waals surface area contributed by atoms with Gasteiger partial charge >= 0.3 is 0 Å². The highest BCUT2D eigenvalue weighted by Gasteiger charge is 2.30. The Morgan fingerprint density at radius 3 is 1.60 bits per heavy atom. The molecule has 0 spiro atoms. The van der Waals surface area contributed by atoms with E-state index in [1.165, 1.54) is 33.4 Å². The standard InChI is InChI=1S/C23H24N2/c1-23(2,3)15-6-4-14(5-7-15)22-20-12-16(24)8-10-18(20)19-11-9-17(25)13-21(19)22/h4-13,22H,24-25H2,1-3H3. The van der Waals surface area contributed by atoms with Crippen molar-refractivity contribution in [2.24, 2.45) is 0 Å². The van der Waals surface area contributed by atoms with Crippen molar-refractivity contribution in [1.29, 1.82) is 0 Å². The average Bonchev–Trinajstić information content (AvgIpc) is 2.86. The zero-order chi connectivity index (χ0) is 17.8. The summed E-state index contributed by atoms with van der Waals surface area (Å²) in [5.74, 6) is 0.186. The van der Waals surface area contributed by atoms with Crippen molar-refractivity contribution in [3.05, 3.63) is 82.9 Å². The number of rotatable bonds is 1. The van der Waals surface area contributed by atoms with Crippen molar-refractivity contribution >= 4 is 11.4 Å². The molecule has 3 aromatic carbocycles. The molecule has 0 aromatic heterocycles. The molecule has 4 rings (SSSR count). The van der Waals surface area contributed by atoms with Gasteiger partial charge in [-0.25, -0.2) is 0 Å². The van der Waals surface area contributed by atoms with Gasteiger partial charge in [0.15, 0.2) is 0 Å². The summed E-state index contributed by atoms with van der Waals surface area (Å²) in [6.45, 7) is 6.72. The lowest BCUT2D eigenvalue weighted by Gasteiger charge is -2.21. The van der Waals surface area contributed by atoms with Crippen molar-refractivity contribution in [2.75, 3.05) is 11.5 Å². The van der Waals surface area contributed by atoms with Gasteiger partial charge in [0.25, 0.3) is 0 Å². The first kappa shape index (κ1) is 15.8. The molecule has 0 saturated carbocycles. The highest BCUT2D eigenvalue weighted by Crippen LogP contribution is 2.49. The second-order valence-electron chi connectivity index (χ2n) is 8.00. The fraction of sp³-hybridized carbons (Fsp3) is 0.217. The van der Waals surface area contributed by atoms with Crippen LogP contribution in [0.2, 0.25) is 0 Å². The van der Waals surface area contributed by atoms with E-state index in [4.69, 9.17) is 11.5 Å². The largest absolute Gasteiger partial charge is 0.399 e. The summed E-state index contributed by atoms with van der Waals surface area (Å²) in [5.41, 5.74) is 21.6. The van der Waals surface area contributed by atoms with Crippen molar-refractivity contribution in [2.45, 2.75) is 32.1 Å². The smallest absolute Gasteiger partial charge is 0.0353 e. The maximum absolute atomic E-state index is 6.09. The molecule has 25 heavy (non-hydrogen) atoms. The molecular formula is C23H24N2. The number of fused-ring (bicyclic) bond motifs is 3. The lowest BCUT2D eigenvalue weighted by molar-refractivity contribution is 0.590. The first-order valence-corrected chi connectivity index (χ1v) is 8.74. The van der Waals surface area contributed by atoms with E-state index in [2.05, 4.69) is 69.3 Å². The number of hydrogen-bond acceptors (Lipinski definition) is 2. The third kappa shape index (κ3) is 2.58. The molecule has 0 bridgehead atoms. The SMILES string of the molecule is CC(C)(C)c1ccc(C2c3cc(N)ccc3-c3ccc(N)cc32)cc1. The van der Waals surface area contributed by atoms with Crippen LogP contribution >= 0.6 is 0 Å². The van der Waals surface area contributed by atoms with Crippen LogP contribution in [0.5, 0.6) is 0 Å². The van der Waals surface area contributed by atoms with Crippen LogP contribution in [0.25, 0.3) is 11.1 Å². The predicted molar refractivity (Wildman–Crippen MR) is 107 cm³/mol. The van der Waals surface area contributed by atoms with Crippen LogP contribution < -0.4 is 11.5 Å². The minimum absolute atomic E-state index is 0.152. The van der Waals surface area contributed by atoms with E-state index in [0.29, 0.717) is 0 Å². The minimum Gasteiger partial charge on any atom is -0.399 e. The van der Waals surface area contributed by atoms with Gasteiger partial charge in [0, 0.05) is 17.3 Å². The molecule has 4 N–H and O–H groups in total. The van der Waals surface area contributed by atoms with Crippen LogP contribution in [0, 0.1) is 0 Å². The Morgan fingerprint density at radius 2 is 1.16 bits per heavy atom. The minimum atomic E-state index is 0.152. The lowest BCUT2D eigenvalue weighted by Crippen LogP contribution is -2.11. The fourth-order valence-corrected chi connectivity index (χ4v) is 3.83. The normalized spacial score (nSPS) is 13.6. The molecule has 0 fully saturated rings. The van der Waals surface area contributed by atoms with Gasteiger partial charge in [0.05, 0.1) is 0 Å². The predicted octanol–water partition coefficient (Wildman–Crippen LogP) is 5.31. The summed E-state index contributed by atoms with van der Waals surface area (Å²) in [5, 5.41) is 0. The Morgan fingerprint density at radius 1 is 0.680 bits per heavy atom. The molecule has 0 atom stereocenters. The molecule has 3 aromatic rings. The third-order valence-corrected chi connectivity index (χ3v) is 5.17. The summed E-state index contributed by atoms with van der Waals surface area (Å²) >= 11 is 0. The maximum atomic E-state index is 6.09. The maximum Gasteiger partial charge on any atom is 0.0353 e. The molecule has 0 unspecified atom stereocenters. The van der Waals surface area contributed by atoms with E-state index in [1.807, 2.05) is 12.1 Å². The Kier molecular flexibility index (Phi) is 3.40. The topological polar surface area (TPSA) is 52.0 Å². The van der Waals surface area contributed by atoms with Gasteiger partial charge in [-0.15, -0.1) is 0 Å². The summed E-state index contributed by atoms with van der Waals surface area (Å²) < 4.78 is 0. The van der Waals surface area contributed by atoms with Gasteiger partial charge in [-0.3, -0.25) is 0 Å². The highest BCUT2D eigenvalue weighted by atomic mass is 14.6. The van der Waals surface area contributed by atoms with Gasteiger partial charge in [0.2, 0.25) is 0 Å². The van der Waals surface area contributed by atoms with Gasteiger partial charge in [-0.05, 0) is 63.1 Å². The molecule has 1 aliphatic rings. The van der Waals surface area contributed by atoms with Crippen molar-refractivity contribution in [3.8, 4) is 11.1 Å². The second kappa shape index (κ2) is 5.38. The van der Waals surface area contributed by atoms with Crippen LogP contribution in [0.1, 0.15) is 48.9 Å². The van der Waals surface area contributed by atoms with Gasteiger partial charge in [0.1, 0.15) is 0 Å². The van der Waals surface area contributed by atoms with Gasteiger partial charge < -0.3 is 11.5 Å². The monoisotopic (exact) mass is 328 g/mol. The van der Waals surface area contributed by atoms with Crippen LogP contribution in [0.4, 0.5) is 11.4 Å². The third-order valence-electron chi connectivity index (χ3n) is 5.17. The Bertz CT molecular complexity index is 895. The van der Waals surface area contributed by atoms with E-state index < -0.39 is 0 Å². The first-order chi connectivity index (χ1) is 11.8. The van der Waals surface area contributed by atoms with Crippen molar-refractivity contribution < 1.29 is 0 Å². The fourth-order valence-electron chi connectivity index (χ4n) is 3.83. The molecule has 0 radical (unpaired) electrons. The summed E-state index contributed by atoms with van der Waals surface area (Å²) in [4.78, 5) is 0. The number of nitrogens with two attached hydrogens (primary N) is 2. The molecule has 1 aliphatic carbocycles. The van der Waals surface area contributed by atoms with Crippen LogP contribution in [-0.4, -0.2) is 0 Å². The Hall–Kier alpha value is -2.74. The average molecular weight is 328 g/mol. The van der Waals surface area contributed by atoms with Crippen LogP contribution in [0.15, 0.2) is 60.7 Å². The quantitative estimate of drug-likeness (QED) is 0.465. The van der Waals surface area contributed by atoms with Crippen LogP contribution in [-0.2, 0) is 5.41 Å². The number of benzene rings is 3. The summed E-state index contributed by atoms with van der Waals surface area (Å²) in [6, 6.07) is 21.4. The van der Waals surface area contributed by atoms with Crippen molar-refractivity contribution in [3.63, 3.8) is 0 Å². The molecule has 0 amide bonds. The van der Waals surface area contributed by atoms with Gasteiger partial charge in [-0.1, -0.05) is 57.2 Å². The Balaban J connectivity index is 1.90. The van der Waals surface area contributed by atoms with E-state index in [9.17, 15) is 0 Å². The second-order valence-corrected chi connectivity index (χ2v) is 8.00. The van der Waals surface area contributed by atoms with E-state index in [-0.39, 0.29) is 11.3 Å². The molecular weight excluding hydrogens is 304 g/mol. The number of hydrogen-bond donors (Lipinski definition) is 2. The molecule has 2 heteroatoms. The zero-order valence-corrected chi connectivity index (χ0v) is 15.0. The molecule has 0 heterocycles. The summed E-state index contributed by atoms with van der Waals surface area (Å²) in [6.07, 6.45) is 0. The zero-order valence-electron chi connectivity index (χ0n) is 15.0. The van der Waals surface area contributed by atoms with Crippen LogP contribution in [0.3, 0.4) is 0 Å². The molecule has 0 saturated heterocycles. The van der Waals surface area contributed by atoms with E-state index in [1.54, 1.807) is 0 Å². The Labute approximate surface area is 149 Å². The van der Waals surface area contributed by atoms with E-state index >= 15 is 0 Å². The molecule has 126 valence electrons. The molecule has 2 nitrogen and oxygen atoms in total. The van der Waals surface area contributed by atoms with E-state index in [0.717, 1.165) is 11.4 Å². The lowest BCUT2D eigenvalue weighted by atomic mass is 9.83. The van der Waals surface area contributed by atoms with Gasteiger partial charge in [-0.2, -0.15) is 0 Å². The summed E-state index contributed by atoms with van der Waals surface area (Å²) in [7, 11) is 0. The number of anilines is 2. The first-order valence-electron chi connectivity index (χ1n) is 8.74. The molecule has 0 aliphatic heterocycles. The number of nitrogen functional groups attached to an aromatic ring is 2. The van der Waals surface area contributed by atoms with Crippen molar-refractivity contribution in [1.82, 2.24) is 0 Å². The highest BCUT2D eigenvalue weighted by molar-refractivity contribution is 5.83.